The fourth-order valence-electron chi connectivity index (χ4n) is 2.42. The summed E-state index contributed by atoms with van der Waals surface area (Å²) in [5, 5.41) is 0. The Morgan fingerprint density at radius 3 is 2.50 bits per heavy atom. The molecule has 0 unspecified atom stereocenters. The Hall–Kier alpha value is -1.97. The van der Waals surface area contributed by atoms with Crippen LogP contribution in [-0.4, -0.2) is 37.6 Å². The molecule has 1 aliphatic rings. The zero-order valence-electron chi connectivity index (χ0n) is 13.8. The first-order valence-electron chi connectivity index (χ1n) is 7.76. The van der Waals surface area contributed by atoms with Crippen LogP contribution in [0, 0.1) is 5.92 Å². The fourth-order valence-corrected chi connectivity index (χ4v) is 2.42. The molecule has 2 rings (SSSR count). The lowest BCUT2D eigenvalue weighted by atomic mass is 10.1. The Morgan fingerprint density at radius 2 is 1.95 bits per heavy atom. The van der Waals surface area contributed by atoms with Crippen LogP contribution < -0.4 is 9.47 Å². The minimum absolute atomic E-state index is 0.0889. The Morgan fingerprint density at radius 1 is 1.27 bits per heavy atom. The van der Waals surface area contributed by atoms with Gasteiger partial charge in [0, 0.05) is 18.7 Å². The van der Waals surface area contributed by atoms with Gasteiger partial charge < -0.3 is 14.4 Å². The molecule has 0 atom stereocenters. The minimum atomic E-state index is 0.0889. The Balaban J connectivity index is 2.08. The molecule has 0 radical (unpaired) electrons. The lowest BCUT2D eigenvalue weighted by Crippen LogP contribution is -2.34. The highest BCUT2D eigenvalue weighted by Gasteiger charge is 2.31. The van der Waals surface area contributed by atoms with Gasteiger partial charge in [0.2, 0.25) is 5.91 Å². The van der Waals surface area contributed by atoms with Gasteiger partial charge in [0.15, 0.2) is 11.5 Å². The van der Waals surface area contributed by atoms with Crippen LogP contribution in [-0.2, 0) is 4.79 Å². The predicted molar refractivity (Wildman–Crippen MR) is 88.2 cm³/mol. The van der Waals surface area contributed by atoms with Crippen molar-refractivity contribution in [2.75, 3.05) is 20.8 Å². The SMILES string of the molecule is COc1ccc(/C=C/C(=O)N(CC(C)C)C2CC2)cc1OC. The second-order valence-electron chi connectivity index (χ2n) is 6.06. The summed E-state index contributed by atoms with van der Waals surface area (Å²) in [6, 6.07) is 6.06. The molecule has 0 N–H and O–H groups in total. The average Bonchev–Trinajstić information content (AvgIpc) is 3.34. The Kier molecular flexibility index (Phi) is 5.47. The summed E-state index contributed by atoms with van der Waals surface area (Å²) in [6.07, 6.45) is 5.74. The molecule has 0 spiro atoms. The summed E-state index contributed by atoms with van der Waals surface area (Å²) in [6.45, 7) is 5.10. The van der Waals surface area contributed by atoms with Crippen molar-refractivity contribution in [1.82, 2.24) is 4.90 Å². The molecule has 1 aromatic carbocycles. The van der Waals surface area contributed by atoms with Gasteiger partial charge in [-0.2, -0.15) is 0 Å². The number of nitrogens with zero attached hydrogens (tertiary/aromatic N) is 1. The molecular formula is C18H25NO3. The highest BCUT2D eigenvalue weighted by Crippen LogP contribution is 2.29. The standard InChI is InChI=1S/C18H25NO3/c1-13(2)12-19(15-7-8-15)18(20)10-6-14-5-9-16(21-3)17(11-14)22-4/h5-6,9-11,13,15H,7-8,12H2,1-4H3/b10-6+. The first kappa shape index (κ1) is 16.4. The van der Waals surface area contributed by atoms with Crippen molar-refractivity contribution >= 4 is 12.0 Å². The lowest BCUT2D eigenvalue weighted by molar-refractivity contribution is -0.127. The summed E-state index contributed by atoms with van der Waals surface area (Å²) in [4.78, 5) is 14.4. The van der Waals surface area contributed by atoms with Gasteiger partial charge in [-0.3, -0.25) is 4.79 Å². The smallest absolute Gasteiger partial charge is 0.246 e. The summed E-state index contributed by atoms with van der Waals surface area (Å²) >= 11 is 0. The maximum atomic E-state index is 12.4. The van der Waals surface area contributed by atoms with Crippen LogP contribution in [0.25, 0.3) is 6.08 Å². The summed E-state index contributed by atoms with van der Waals surface area (Å²) < 4.78 is 10.5. The van der Waals surface area contributed by atoms with Gasteiger partial charge >= 0.3 is 0 Å². The van der Waals surface area contributed by atoms with E-state index in [0.717, 1.165) is 24.9 Å². The molecule has 1 fully saturated rings. The van der Waals surface area contributed by atoms with Crippen LogP contribution in [0.5, 0.6) is 11.5 Å². The second kappa shape index (κ2) is 7.34. The topological polar surface area (TPSA) is 38.8 Å². The average molecular weight is 303 g/mol. The van der Waals surface area contributed by atoms with Crippen LogP contribution >= 0.6 is 0 Å². The van der Waals surface area contributed by atoms with Crippen molar-refractivity contribution < 1.29 is 14.3 Å². The van der Waals surface area contributed by atoms with Gasteiger partial charge in [-0.15, -0.1) is 0 Å². The van der Waals surface area contributed by atoms with Gasteiger partial charge in [-0.05, 0) is 42.5 Å². The third-order valence-electron chi connectivity index (χ3n) is 3.66. The number of amides is 1. The van der Waals surface area contributed by atoms with Crippen molar-refractivity contribution in [3.05, 3.63) is 29.8 Å². The van der Waals surface area contributed by atoms with E-state index in [2.05, 4.69) is 13.8 Å². The fraction of sp³-hybridized carbons (Fsp3) is 0.500. The van der Waals surface area contributed by atoms with E-state index in [1.807, 2.05) is 29.2 Å². The van der Waals surface area contributed by atoms with Crippen molar-refractivity contribution in [2.24, 2.45) is 5.92 Å². The lowest BCUT2D eigenvalue weighted by Gasteiger charge is -2.22. The molecule has 1 amide bonds. The quantitative estimate of drug-likeness (QED) is 0.725. The monoisotopic (exact) mass is 303 g/mol. The second-order valence-corrected chi connectivity index (χ2v) is 6.06. The largest absolute Gasteiger partial charge is 0.493 e. The van der Waals surface area contributed by atoms with Crippen LogP contribution in [0.1, 0.15) is 32.3 Å². The third kappa shape index (κ3) is 4.26. The predicted octanol–water partition coefficient (Wildman–Crippen LogP) is 3.36. The third-order valence-corrected chi connectivity index (χ3v) is 3.66. The maximum absolute atomic E-state index is 12.4. The van der Waals surface area contributed by atoms with Crippen LogP contribution in [0.2, 0.25) is 0 Å². The molecule has 120 valence electrons. The number of benzene rings is 1. The number of carbonyl (C=O) groups excluding carboxylic acids is 1. The molecule has 0 aliphatic heterocycles. The van der Waals surface area contributed by atoms with Gasteiger partial charge in [-0.1, -0.05) is 19.9 Å². The van der Waals surface area contributed by atoms with Gasteiger partial charge in [0.1, 0.15) is 0 Å². The molecule has 0 bridgehead atoms. The summed E-state index contributed by atoms with van der Waals surface area (Å²) in [7, 11) is 3.21. The number of carbonyl (C=O) groups is 1. The van der Waals surface area contributed by atoms with E-state index in [1.165, 1.54) is 0 Å². The van der Waals surface area contributed by atoms with Crippen molar-refractivity contribution in [2.45, 2.75) is 32.7 Å². The van der Waals surface area contributed by atoms with Crippen molar-refractivity contribution in [3.8, 4) is 11.5 Å². The van der Waals surface area contributed by atoms with E-state index in [4.69, 9.17) is 9.47 Å². The van der Waals surface area contributed by atoms with E-state index in [0.29, 0.717) is 23.5 Å². The zero-order valence-corrected chi connectivity index (χ0v) is 13.8. The van der Waals surface area contributed by atoms with Gasteiger partial charge in [-0.25, -0.2) is 0 Å². The highest BCUT2D eigenvalue weighted by atomic mass is 16.5. The van der Waals surface area contributed by atoms with Crippen LogP contribution in [0.3, 0.4) is 0 Å². The minimum Gasteiger partial charge on any atom is -0.493 e. The first-order valence-corrected chi connectivity index (χ1v) is 7.76. The van der Waals surface area contributed by atoms with E-state index in [1.54, 1.807) is 20.3 Å². The summed E-state index contributed by atoms with van der Waals surface area (Å²) in [5.41, 5.74) is 0.922. The molecule has 1 aromatic rings. The molecule has 22 heavy (non-hydrogen) atoms. The van der Waals surface area contributed by atoms with E-state index in [9.17, 15) is 4.79 Å². The number of hydrogen-bond donors (Lipinski definition) is 0. The van der Waals surface area contributed by atoms with Crippen molar-refractivity contribution in [3.63, 3.8) is 0 Å². The van der Waals surface area contributed by atoms with Gasteiger partial charge in [0.25, 0.3) is 0 Å². The maximum Gasteiger partial charge on any atom is 0.246 e. The van der Waals surface area contributed by atoms with Gasteiger partial charge in [0.05, 0.1) is 14.2 Å². The molecule has 4 heteroatoms. The Labute approximate surface area is 132 Å². The molecule has 0 heterocycles. The van der Waals surface area contributed by atoms with E-state index in [-0.39, 0.29) is 5.91 Å². The number of hydrogen-bond acceptors (Lipinski definition) is 3. The van der Waals surface area contributed by atoms with E-state index >= 15 is 0 Å². The van der Waals surface area contributed by atoms with Crippen LogP contribution in [0.15, 0.2) is 24.3 Å². The molecule has 1 aliphatic carbocycles. The molecule has 0 aromatic heterocycles. The van der Waals surface area contributed by atoms with Crippen molar-refractivity contribution in [1.29, 1.82) is 0 Å². The number of methoxy groups -OCH3 is 2. The Bertz CT molecular complexity index is 547. The summed E-state index contributed by atoms with van der Waals surface area (Å²) in [5.74, 6) is 1.92. The molecule has 1 saturated carbocycles. The highest BCUT2D eigenvalue weighted by molar-refractivity contribution is 5.92. The number of rotatable bonds is 7. The van der Waals surface area contributed by atoms with E-state index < -0.39 is 0 Å². The zero-order chi connectivity index (χ0) is 16.1. The first-order chi connectivity index (χ1) is 10.5. The molecule has 4 nitrogen and oxygen atoms in total. The normalized spacial score (nSPS) is 14.4. The molecule has 0 saturated heterocycles. The molecular weight excluding hydrogens is 278 g/mol. The number of ether oxygens (including phenoxy) is 2. The van der Waals surface area contributed by atoms with Crippen LogP contribution in [0.4, 0.5) is 0 Å².